The molecule has 1 saturated heterocycles. The summed E-state index contributed by atoms with van der Waals surface area (Å²) in [5.74, 6) is 2.48. The predicted octanol–water partition coefficient (Wildman–Crippen LogP) is 5.73. The van der Waals surface area contributed by atoms with Gasteiger partial charge >= 0.3 is 0 Å². The highest BCUT2D eigenvalue weighted by atomic mass is 16.2. The Morgan fingerprint density at radius 3 is 2.67 bits per heavy atom. The standard InChI is InChI=1S/C36H43N7O2/c1-20-29-12-7-23-18-32(41(33(23)39-29)14-4-2-3-5-21-16-27(21)35(44)38-20)34-40-30-17-24(8-13-31(30)43(34)25-10-11-25)36(45)42-19-28(37)22-6-9-26(42)15-22/h7-8,12-13,17-18,20-22,25-28H,2-6,9-11,14-16,19,37H2,1H3,(H,38,44)/t20-,21-,22-,26+,27-,28+/m1/s1. The van der Waals surface area contributed by atoms with Crippen LogP contribution in [0.2, 0.25) is 0 Å². The molecule has 5 aliphatic rings. The van der Waals surface area contributed by atoms with Crippen molar-refractivity contribution in [3.63, 3.8) is 0 Å². The number of aromatic nitrogens is 4. The van der Waals surface area contributed by atoms with Crippen LogP contribution < -0.4 is 11.1 Å². The number of hydrogen-bond donors (Lipinski definition) is 2. The number of imidazole rings is 1. The van der Waals surface area contributed by atoms with Crippen molar-refractivity contribution >= 4 is 33.9 Å². The quantitative estimate of drug-likeness (QED) is 0.310. The summed E-state index contributed by atoms with van der Waals surface area (Å²) >= 11 is 0. The minimum atomic E-state index is -0.144. The van der Waals surface area contributed by atoms with E-state index in [1.165, 1.54) is 0 Å². The molecular formula is C36H43N7O2. The van der Waals surface area contributed by atoms with E-state index in [0.717, 1.165) is 110 Å². The van der Waals surface area contributed by atoms with E-state index in [-0.39, 0.29) is 29.8 Å². The highest BCUT2D eigenvalue weighted by Gasteiger charge is 2.43. The zero-order chi connectivity index (χ0) is 30.4. The van der Waals surface area contributed by atoms with Gasteiger partial charge in [0.15, 0.2) is 5.82 Å². The van der Waals surface area contributed by atoms with Crippen molar-refractivity contribution in [3.8, 4) is 11.5 Å². The van der Waals surface area contributed by atoms with Gasteiger partial charge in [0.25, 0.3) is 5.91 Å². The normalized spacial score (nSPS) is 30.0. The molecule has 9 nitrogen and oxygen atoms in total. The third kappa shape index (κ3) is 4.68. The Bertz CT molecular complexity index is 1840. The van der Waals surface area contributed by atoms with Gasteiger partial charge < -0.3 is 25.1 Å². The van der Waals surface area contributed by atoms with Gasteiger partial charge in [-0.1, -0.05) is 12.8 Å². The molecule has 4 fully saturated rings. The molecule has 9 heteroatoms. The Kier molecular flexibility index (Phi) is 6.38. The van der Waals surface area contributed by atoms with E-state index in [1.807, 2.05) is 24.0 Å². The average Bonchev–Trinajstić information content (AvgIpc) is 3.92. The number of nitrogens with zero attached hydrogens (tertiary/aromatic N) is 5. The molecule has 2 aliphatic heterocycles. The molecule has 45 heavy (non-hydrogen) atoms. The third-order valence-electron chi connectivity index (χ3n) is 11.5. The molecule has 1 aromatic carbocycles. The second-order valence-corrected chi connectivity index (χ2v) is 14.6. The molecular weight excluding hydrogens is 562 g/mol. The Hall–Kier alpha value is -3.72. The number of pyridine rings is 1. The number of carbonyl (C=O) groups excluding carboxylic acids is 2. The maximum atomic E-state index is 13.8. The molecule has 4 bridgehead atoms. The van der Waals surface area contributed by atoms with Crippen LogP contribution in [0.1, 0.15) is 99.3 Å². The number of hydrogen-bond acceptors (Lipinski definition) is 5. The van der Waals surface area contributed by atoms with E-state index in [0.29, 0.717) is 36.0 Å². The molecule has 5 heterocycles. The number of piperidine rings is 1. The lowest BCUT2D eigenvalue weighted by Gasteiger charge is -2.37. The predicted molar refractivity (Wildman–Crippen MR) is 173 cm³/mol. The van der Waals surface area contributed by atoms with Crippen molar-refractivity contribution in [2.75, 3.05) is 6.54 Å². The zero-order valence-corrected chi connectivity index (χ0v) is 26.1. The van der Waals surface area contributed by atoms with Crippen LogP contribution >= 0.6 is 0 Å². The molecule has 3 N–H and O–H groups in total. The maximum Gasteiger partial charge on any atom is 0.254 e. The second-order valence-electron chi connectivity index (χ2n) is 14.6. The first-order valence-corrected chi connectivity index (χ1v) is 17.3. The first-order valence-electron chi connectivity index (χ1n) is 17.3. The minimum absolute atomic E-state index is 0.0702. The number of aryl methyl sites for hydroxylation is 1. The molecule has 0 spiro atoms. The summed E-state index contributed by atoms with van der Waals surface area (Å²) in [5, 5.41) is 4.33. The van der Waals surface area contributed by atoms with Gasteiger partial charge in [-0.05, 0) is 107 Å². The summed E-state index contributed by atoms with van der Waals surface area (Å²) in [5.41, 5.74) is 12.0. The number of likely N-dealkylation sites (tertiary alicyclic amines) is 1. The molecule has 4 aromatic rings. The van der Waals surface area contributed by atoms with Gasteiger partial charge in [0.05, 0.1) is 28.5 Å². The Morgan fingerprint density at radius 2 is 1.80 bits per heavy atom. The van der Waals surface area contributed by atoms with Crippen LogP contribution in [-0.2, 0) is 11.3 Å². The van der Waals surface area contributed by atoms with Crippen molar-refractivity contribution in [1.82, 2.24) is 29.3 Å². The van der Waals surface area contributed by atoms with Gasteiger partial charge in [0.2, 0.25) is 5.91 Å². The SMILES string of the molecule is C[C@H]1NC(=O)[C@@H]2C[C@H]2CCCCCn2c(-c3nc4cc(C(=O)N5C[C@H](N)[C@@H]6CC[C@H]5C6)ccc4n3C3CC3)cc3ccc1nc32. The number of carbonyl (C=O) groups is 2. The second kappa shape index (κ2) is 10.4. The van der Waals surface area contributed by atoms with Gasteiger partial charge in [-0.25, -0.2) is 9.97 Å². The molecule has 2 amide bonds. The zero-order valence-electron chi connectivity index (χ0n) is 26.1. The average molecular weight is 606 g/mol. The third-order valence-corrected chi connectivity index (χ3v) is 11.5. The molecule has 3 saturated carbocycles. The largest absolute Gasteiger partial charge is 0.348 e. The van der Waals surface area contributed by atoms with Crippen LogP contribution in [0.25, 0.3) is 33.6 Å². The van der Waals surface area contributed by atoms with Crippen molar-refractivity contribution in [3.05, 3.63) is 47.7 Å². The van der Waals surface area contributed by atoms with Gasteiger partial charge in [0, 0.05) is 48.1 Å². The first-order chi connectivity index (χ1) is 21.9. The van der Waals surface area contributed by atoms with Crippen molar-refractivity contribution < 1.29 is 9.59 Å². The Labute approximate surface area is 263 Å². The number of nitrogens with two attached hydrogens (primary N) is 1. The highest BCUT2D eigenvalue weighted by molar-refractivity contribution is 5.98. The highest BCUT2D eigenvalue weighted by Crippen LogP contribution is 2.44. The van der Waals surface area contributed by atoms with Crippen LogP contribution in [0.4, 0.5) is 0 Å². The van der Waals surface area contributed by atoms with Gasteiger partial charge in [0.1, 0.15) is 5.65 Å². The Balaban J connectivity index is 1.11. The molecule has 9 rings (SSSR count). The van der Waals surface area contributed by atoms with Gasteiger partial charge in [-0.15, -0.1) is 0 Å². The van der Waals surface area contributed by atoms with E-state index in [4.69, 9.17) is 15.7 Å². The maximum absolute atomic E-state index is 13.8. The molecule has 3 aliphatic carbocycles. The van der Waals surface area contributed by atoms with Crippen molar-refractivity contribution in [2.45, 2.75) is 102 Å². The number of benzene rings is 1. The monoisotopic (exact) mass is 605 g/mol. The Morgan fingerprint density at radius 1 is 0.933 bits per heavy atom. The number of amides is 2. The van der Waals surface area contributed by atoms with Gasteiger partial charge in [-0.3, -0.25) is 9.59 Å². The molecule has 0 unspecified atom stereocenters. The fourth-order valence-electron chi connectivity index (χ4n) is 8.65. The summed E-state index contributed by atoms with van der Waals surface area (Å²) in [6.45, 7) is 3.56. The first kappa shape index (κ1) is 27.6. The number of fused-ring (bicyclic) bond motifs is 5. The summed E-state index contributed by atoms with van der Waals surface area (Å²) in [4.78, 5) is 39.2. The van der Waals surface area contributed by atoms with E-state index in [9.17, 15) is 9.59 Å². The van der Waals surface area contributed by atoms with E-state index in [1.54, 1.807) is 0 Å². The van der Waals surface area contributed by atoms with Crippen LogP contribution in [0.5, 0.6) is 0 Å². The van der Waals surface area contributed by atoms with Crippen molar-refractivity contribution in [2.24, 2.45) is 23.5 Å². The molecule has 0 radical (unpaired) electrons. The van der Waals surface area contributed by atoms with E-state index in [2.05, 4.69) is 38.7 Å². The van der Waals surface area contributed by atoms with Crippen LogP contribution in [0.15, 0.2) is 36.4 Å². The summed E-state index contributed by atoms with van der Waals surface area (Å²) in [7, 11) is 0. The number of nitrogens with one attached hydrogen (secondary N) is 1. The van der Waals surface area contributed by atoms with Gasteiger partial charge in [-0.2, -0.15) is 0 Å². The van der Waals surface area contributed by atoms with Crippen molar-refractivity contribution in [1.29, 1.82) is 0 Å². The van der Waals surface area contributed by atoms with Crippen LogP contribution in [-0.4, -0.2) is 54.4 Å². The fraction of sp³-hybridized carbons (Fsp3) is 0.556. The molecule has 234 valence electrons. The van der Waals surface area contributed by atoms with E-state index >= 15 is 0 Å². The lowest BCUT2D eigenvalue weighted by Crippen LogP contribution is -2.51. The molecule has 6 atom stereocenters. The summed E-state index contributed by atoms with van der Waals surface area (Å²) in [6.07, 6.45) is 11.0. The number of rotatable bonds is 3. The minimum Gasteiger partial charge on any atom is -0.348 e. The summed E-state index contributed by atoms with van der Waals surface area (Å²) in [6, 6.07) is 13.2. The smallest absolute Gasteiger partial charge is 0.254 e. The lowest BCUT2D eigenvalue weighted by atomic mass is 9.94. The topological polar surface area (TPSA) is 111 Å². The summed E-state index contributed by atoms with van der Waals surface area (Å²) < 4.78 is 4.76. The van der Waals surface area contributed by atoms with Crippen LogP contribution in [0, 0.1) is 17.8 Å². The molecule has 3 aromatic heterocycles. The van der Waals surface area contributed by atoms with Crippen LogP contribution in [0.3, 0.4) is 0 Å². The fourth-order valence-corrected chi connectivity index (χ4v) is 8.65. The lowest BCUT2D eigenvalue weighted by molar-refractivity contribution is -0.123. The van der Waals surface area contributed by atoms with E-state index < -0.39 is 0 Å².